The fourth-order valence-corrected chi connectivity index (χ4v) is 3.25. The predicted octanol–water partition coefficient (Wildman–Crippen LogP) is 3.20. The second kappa shape index (κ2) is 7.28. The molecule has 0 spiro atoms. The van der Waals surface area contributed by atoms with Crippen LogP contribution in [0.4, 0.5) is 0 Å². The van der Waals surface area contributed by atoms with Crippen molar-refractivity contribution in [3.05, 3.63) is 65.2 Å². The van der Waals surface area contributed by atoms with E-state index in [1.807, 2.05) is 67.2 Å². The summed E-state index contributed by atoms with van der Waals surface area (Å²) in [5, 5.41) is 0. The molecule has 2 aromatic rings. The number of likely N-dealkylation sites (N-methyl/N-ethyl adjacent to an activating group) is 1. The zero-order valence-electron chi connectivity index (χ0n) is 15.4. The van der Waals surface area contributed by atoms with E-state index in [9.17, 15) is 4.79 Å². The van der Waals surface area contributed by atoms with Crippen molar-refractivity contribution in [2.24, 2.45) is 0 Å². The Morgan fingerprint density at radius 3 is 2.32 bits per heavy atom. The van der Waals surface area contributed by atoms with Crippen LogP contribution >= 0.6 is 0 Å². The highest BCUT2D eigenvalue weighted by molar-refractivity contribution is 5.84. The minimum absolute atomic E-state index is 0.0751. The van der Waals surface area contributed by atoms with Crippen molar-refractivity contribution in [3.63, 3.8) is 0 Å². The summed E-state index contributed by atoms with van der Waals surface area (Å²) in [6.45, 7) is 5.38. The lowest BCUT2D eigenvalue weighted by molar-refractivity contribution is -0.145. The molecule has 0 radical (unpaired) electrons. The van der Waals surface area contributed by atoms with Crippen molar-refractivity contribution in [2.45, 2.75) is 26.0 Å². The molecule has 1 aliphatic rings. The number of hydrogen-bond acceptors (Lipinski definition) is 3. The first-order chi connectivity index (χ1) is 11.9. The van der Waals surface area contributed by atoms with Crippen LogP contribution < -0.4 is 4.74 Å². The van der Waals surface area contributed by atoms with Crippen LogP contribution in [-0.4, -0.2) is 49.0 Å². The number of hydrogen-bond donors (Lipinski definition) is 0. The summed E-state index contributed by atoms with van der Waals surface area (Å²) in [4.78, 5) is 16.8. The van der Waals surface area contributed by atoms with E-state index in [1.54, 1.807) is 0 Å². The lowest BCUT2D eigenvalue weighted by Crippen LogP contribution is -2.58. The number of amides is 1. The number of benzene rings is 2. The number of aryl methyl sites for hydroxylation is 2. The van der Waals surface area contributed by atoms with Crippen LogP contribution in [0.2, 0.25) is 0 Å². The van der Waals surface area contributed by atoms with Crippen LogP contribution in [0.25, 0.3) is 0 Å². The van der Waals surface area contributed by atoms with E-state index in [1.165, 1.54) is 11.1 Å². The van der Waals surface area contributed by atoms with Gasteiger partial charge in [0.2, 0.25) is 5.91 Å². The molecular weight excluding hydrogens is 312 g/mol. The molecular formula is C21H26N2O2. The van der Waals surface area contributed by atoms with E-state index in [-0.39, 0.29) is 18.1 Å². The van der Waals surface area contributed by atoms with Crippen molar-refractivity contribution < 1.29 is 9.53 Å². The Kier molecular flexibility index (Phi) is 5.09. The SMILES string of the molecule is Cc1cccc(OC2CN(C(=O)[C@H](c3cccc(C)c3)N(C)C)C2)c1. The van der Waals surface area contributed by atoms with Gasteiger partial charge in [-0.1, -0.05) is 42.0 Å². The third kappa shape index (κ3) is 4.02. The predicted molar refractivity (Wildman–Crippen MR) is 99.8 cm³/mol. The highest BCUT2D eigenvalue weighted by Gasteiger charge is 2.37. The molecule has 3 rings (SSSR count). The van der Waals surface area contributed by atoms with E-state index in [4.69, 9.17) is 4.74 Å². The molecule has 0 unspecified atom stereocenters. The molecule has 4 heteroatoms. The molecule has 0 saturated carbocycles. The Hall–Kier alpha value is -2.33. The number of nitrogens with zero attached hydrogens (tertiary/aromatic N) is 2. The molecule has 25 heavy (non-hydrogen) atoms. The standard InChI is InChI=1S/C21H26N2O2/c1-15-7-5-9-17(11-15)20(22(3)4)21(24)23-13-19(14-23)25-18-10-6-8-16(2)12-18/h5-12,19-20H,13-14H2,1-4H3/t20-/m0/s1. The second-order valence-corrected chi connectivity index (χ2v) is 7.08. The zero-order valence-corrected chi connectivity index (χ0v) is 15.4. The number of rotatable bonds is 5. The summed E-state index contributed by atoms with van der Waals surface area (Å²) in [5.74, 6) is 1.01. The van der Waals surface area contributed by atoms with Gasteiger partial charge in [-0.25, -0.2) is 0 Å². The van der Waals surface area contributed by atoms with Crippen LogP contribution in [0.1, 0.15) is 22.7 Å². The molecule has 2 aromatic carbocycles. The molecule has 1 saturated heterocycles. The van der Waals surface area contributed by atoms with Crippen molar-refractivity contribution in [1.29, 1.82) is 0 Å². The number of carbonyl (C=O) groups excluding carboxylic acids is 1. The summed E-state index contributed by atoms with van der Waals surface area (Å²) < 4.78 is 5.97. The summed E-state index contributed by atoms with van der Waals surface area (Å²) >= 11 is 0. The molecule has 1 fully saturated rings. The molecule has 4 nitrogen and oxygen atoms in total. The van der Waals surface area contributed by atoms with Crippen LogP contribution in [0.5, 0.6) is 5.75 Å². The van der Waals surface area contributed by atoms with Gasteiger partial charge in [-0.2, -0.15) is 0 Å². The minimum atomic E-state index is -0.250. The van der Waals surface area contributed by atoms with Crippen molar-refractivity contribution in [2.75, 3.05) is 27.2 Å². The number of carbonyl (C=O) groups is 1. The molecule has 132 valence electrons. The fourth-order valence-electron chi connectivity index (χ4n) is 3.25. The Bertz CT molecular complexity index is 751. The Balaban J connectivity index is 1.63. The average molecular weight is 338 g/mol. The quantitative estimate of drug-likeness (QED) is 0.839. The van der Waals surface area contributed by atoms with E-state index >= 15 is 0 Å². The number of likely N-dealkylation sites (tertiary alicyclic amines) is 1. The van der Waals surface area contributed by atoms with Gasteiger partial charge in [0.1, 0.15) is 17.9 Å². The van der Waals surface area contributed by atoms with Gasteiger partial charge >= 0.3 is 0 Å². The Morgan fingerprint density at radius 1 is 1.08 bits per heavy atom. The molecule has 0 N–H and O–H groups in total. The van der Waals surface area contributed by atoms with Crippen LogP contribution in [0.15, 0.2) is 48.5 Å². The van der Waals surface area contributed by atoms with Gasteiger partial charge in [0.05, 0.1) is 13.1 Å². The number of ether oxygens (including phenoxy) is 1. The summed E-state index contributed by atoms with van der Waals surface area (Å²) in [6.07, 6.45) is 0.0751. The molecule has 1 atom stereocenters. The summed E-state index contributed by atoms with van der Waals surface area (Å²) in [7, 11) is 3.90. The zero-order chi connectivity index (χ0) is 18.0. The van der Waals surface area contributed by atoms with E-state index in [0.29, 0.717) is 13.1 Å². The first kappa shape index (κ1) is 17.5. The van der Waals surface area contributed by atoms with Crippen LogP contribution in [0, 0.1) is 13.8 Å². The van der Waals surface area contributed by atoms with E-state index in [2.05, 4.69) is 19.1 Å². The Morgan fingerprint density at radius 2 is 1.72 bits per heavy atom. The van der Waals surface area contributed by atoms with Gasteiger partial charge in [-0.05, 0) is 51.2 Å². The smallest absolute Gasteiger partial charge is 0.244 e. The molecule has 0 bridgehead atoms. The maximum Gasteiger partial charge on any atom is 0.244 e. The topological polar surface area (TPSA) is 32.8 Å². The lowest BCUT2D eigenvalue weighted by Gasteiger charge is -2.41. The molecule has 0 aromatic heterocycles. The summed E-state index contributed by atoms with van der Waals surface area (Å²) in [5.41, 5.74) is 3.39. The average Bonchev–Trinajstić information content (AvgIpc) is 2.50. The fraction of sp³-hybridized carbons (Fsp3) is 0.381. The molecule has 1 heterocycles. The first-order valence-electron chi connectivity index (χ1n) is 8.69. The van der Waals surface area contributed by atoms with Crippen LogP contribution in [-0.2, 0) is 4.79 Å². The first-order valence-corrected chi connectivity index (χ1v) is 8.69. The second-order valence-electron chi connectivity index (χ2n) is 7.08. The normalized spacial score (nSPS) is 15.8. The molecule has 0 aliphatic carbocycles. The van der Waals surface area contributed by atoms with Gasteiger partial charge in [-0.15, -0.1) is 0 Å². The van der Waals surface area contributed by atoms with E-state index in [0.717, 1.165) is 11.3 Å². The highest BCUT2D eigenvalue weighted by Crippen LogP contribution is 2.26. The third-order valence-electron chi connectivity index (χ3n) is 4.56. The lowest BCUT2D eigenvalue weighted by atomic mass is 10.00. The minimum Gasteiger partial charge on any atom is -0.487 e. The largest absolute Gasteiger partial charge is 0.487 e. The molecule has 1 amide bonds. The molecule has 1 aliphatic heterocycles. The summed E-state index contributed by atoms with van der Waals surface area (Å²) in [6, 6.07) is 16.0. The van der Waals surface area contributed by atoms with Gasteiger partial charge in [0, 0.05) is 0 Å². The van der Waals surface area contributed by atoms with Crippen molar-refractivity contribution in [1.82, 2.24) is 9.80 Å². The van der Waals surface area contributed by atoms with Crippen molar-refractivity contribution in [3.8, 4) is 5.75 Å². The van der Waals surface area contributed by atoms with Crippen LogP contribution in [0.3, 0.4) is 0 Å². The highest BCUT2D eigenvalue weighted by atomic mass is 16.5. The maximum absolute atomic E-state index is 13.0. The van der Waals surface area contributed by atoms with Gasteiger partial charge in [0.15, 0.2) is 0 Å². The van der Waals surface area contributed by atoms with E-state index < -0.39 is 0 Å². The Labute approximate surface area is 150 Å². The van der Waals surface area contributed by atoms with Gasteiger partial charge in [0.25, 0.3) is 0 Å². The van der Waals surface area contributed by atoms with Gasteiger partial charge < -0.3 is 9.64 Å². The maximum atomic E-state index is 13.0. The van der Waals surface area contributed by atoms with Crippen molar-refractivity contribution >= 4 is 5.91 Å². The monoisotopic (exact) mass is 338 g/mol. The van der Waals surface area contributed by atoms with Gasteiger partial charge in [-0.3, -0.25) is 9.69 Å². The third-order valence-corrected chi connectivity index (χ3v) is 4.56.